The number of hydrogen-bond acceptors (Lipinski definition) is 3. The molecule has 128 valence electrons. The summed E-state index contributed by atoms with van der Waals surface area (Å²) in [6, 6.07) is 13.8. The minimum atomic E-state index is -0.360. The fourth-order valence-electron chi connectivity index (χ4n) is 2.34. The number of hydrogen-bond donors (Lipinski definition) is 1. The van der Waals surface area contributed by atoms with Crippen LogP contribution in [-0.4, -0.2) is 13.0 Å². The number of anilines is 1. The summed E-state index contributed by atoms with van der Waals surface area (Å²) in [4.78, 5) is 12.5. The third-order valence-electron chi connectivity index (χ3n) is 3.72. The van der Waals surface area contributed by atoms with Crippen LogP contribution in [0, 0.1) is 6.92 Å². The van der Waals surface area contributed by atoms with Crippen molar-refractivity contribution in [1.82, 2.24) is 0 Å². The van der Waals surface area contributed by atoms with E-state index in [1.165, 1.54) is 0 Å². The quantitative estimate of drug-likeness (QED) is 0.624. The van der Waals surface area contributed by atoms with Crippen LogP contribution < -0.4 is 10.1 Å². The zero-order valence-electron chi connectivity index (χ0n) is 13.6. The number of ether oxygens (including phenoxy) is 1. The number of amides is 1. The molecule has 0 fully saturated rings. The lowest BCUT2D eigenvalue weighted by Gasteiger charge is -2.09. The van der Waals surface area contributed by atoms with Crippen LogP contribution in [0.25, 0.3) is 11.3 Å². The van der Waals surface area contributed by atoms with Crippen LogP contribution in [-0.2, 0) is 0 Å². The molecular formula is C19H15Cl2NO3. The topological polar surface area (TPSA) is 51.5 Å². The molecule has 0 radical (unpaired) electrons. The van der Waals surface area contributed by atoms with E-state index in [2.05, 4.69) is 5.32 Å². The summed E-state index contributed by atoms with van der Waals surface area (Å²) in [5.41, 5.74) is 2.20. The number of carbonyl (C=O) groups excluding carboxylic acids is 1. The predicted octanol–water partition coefficient (Wildman–Crippen LogP) is 5.82. The number of benzene rings is 2. The summed E-state index contributed by atoms with van der Waals surface area (Å²) < 4.78 is 10.8. The molecule has 3 rings (SSSR count). The average Bonchev–Trinajstić information content (AvgIpc) is 3.09. The number of carbonyl (C=O) groups is 1. The van der Waals surface area contributed by atoms with Gasteiger partial charge < -0.3 is 14.5 Å². The van der Waals surface area contributed by atoms with Gasteiger partial charge >= 0.3 is 0 Å². The first kappa shape index (κ1) is 17.4. The Morgan fingerprint density at radius 3 is 2.64 bits per heavy atom. The van der Waals surface area contributed by atoms with Gasteiger partial charge in [-0.05, 0) is 48.9 Å². The van der Waals surface area contributed by atoms with Gasteiger partial charge in [-0.15, -0.1) is 0 Å². The standard InChI is InChI=1S/C19H15Cl2NO3/c1-11-3-5-13(24-2)10-16(11)22-19(23)18-8-7-17(25-18)14-9-12(20)4-6-15(14)21/h3-10H,1-2H3,(H,22,23). The summed E-state index contributed by atoms with van der Waals surface area (Å²) in [5.74, 6) is 0.945. The molecule has 1 amide bonds. The van der Waals surface area contributed by atoms with Crippen molar-refractivity contribution in [3.8, 4) is 17.1 Å². The minimum absolute atomic E-state index is 0.174. The van der Waals surface area contributed by atoms with E-state index in [4.69, 9.17) is 32.4 Å². The van der Waals surface area contributed by atoms with Gasteiger partial charge in [-0.25, -0.2) is 0 Å². The van der Waals surface area contributed by atoms with Crippen molar-refractivity contribution in [3.05, 3.63) is 69.9 Å². The van der Waals surface area contributed by atoms with Crippen LogP contribution in [0.4, 0.5) is 5.69 Å². The Hall–Kier alpha value is -2.43. The fraction of sp³-hybridized carbons (Fsp3) is 0.105. The number of furan rings is 1. The SMILES string of the molecule is COc1ccc(C)c(NC(=O)c2ccc(-c3cc(Cl)ccc3Cl)o2)c1. The molecule has 0 atom stereocenters. The molecule has 0 saturated heterocycles. The lowest BCUT2D eigenvalue weighted by molar-refractivity contribution is 0.0997. The van der Waals surface area contributed by atoms with Crippen molar-refractivity contribution in [1.29, 1.82) is 0 Å². The molecule has 2 aromatic carbocycles. The number of methoxy groups -OCH3 is 1. The second kappa shape index (κ2) is 7.21. The first-order valence-electron chi connectivity index (χ1n) is 7.49. The van der Waals surface area contributed by atoms with E-state index in [0.29, 0.717) is 32.8 Å². The highest BCUT2D eigenvalue weighted by atomic mass is 35.5. The maximum Gasteiger partial charge on any atom is 0.291 e. The van der Waals surface area contributed by atoms with Gasteiger partial charge in [-0.3, -0.25) is 4.79 Å². The van der Waals surface area contributed by atoms with Crippen LogP contribution in [0.3, 0.4) is 0 Å². The molecule has 25 heavy (non-hydrogen) atoms. The van der Waals surface area contributed by atoms with Crippen molar-refractivity contribution in [2.45, 2.75) is 6.92 Å². The molecule has 0 bridgehead atoms. The fourth-order valence-corrected chi connectivity index (χ4v) is 2.72. The van der Waals surface area contributed by atoms with Crippen molar-refractivity contribution >= 4 is 34.8 Å². The van der Waals surface area contributed by atoms with E-state index < -0.39 is 0 Å². The van der Waals surface area contributed by atoms with Crippen LogP contribution in [0.5, 0.6) is 5.75 Å². The number of nitrogens with one attached hydrogen (secondary N) is 1. The number of rotatable bonds is 4. The molecule has 0 aliphatic heterocycles. The number of halogens is 2. The summed E-state index contributed by atoms with van der Waals surface area (Å²) in [5, 5.41) is 3.85. The molecule has 0 aliphatic rings. The maximum absolute atomic E-state index is 12.5. The molecule has 0 spiro atoms. The molecule has 1 heterocycles. The summed E-state index contributed by atoms with van der Waals surface area (Å²) in [6.45, 7) is 1.90. The molecular weight excluding hydrogens is 361 g/mol. The van der Waals surface area contributed by atoms with Gasteiger partial charge in [0.2, 0.25) is 0 Å². The van der Waals surface area contributed by atoms with E-state index in [1.807, 2.05) is 19.1 Å². The van der Waals surface area contributed by atoms with Gasteiger partial charge in [0, 0.05) is 22.3 Å². The smallest absolute Gasteiger partial charge is 0.291 e. The van der Waals surface area contributed by atoms with Crippen molar-refractivity contribution < 1.29 is 13.9 Å². The van der Waals surface area contributed by atoms with Gasteiger partial charge in [0.25, 0.3) is 5.91 Å². The van der Waals surface area contributed by atoms with E-state index >= 15 is 0 Å². The molecule has 3 aromatic rings. The van der Waals surface area contributed by atoms with Gasteiger partial charge in [0.05, 0.1) is 12.1 Å². The molecule has 0 aliphatic carbocycles. The monoisotopic (exact) mass is 375 g/mol. The first-order chi connectivity index (χ1) is 12.0. The van der Waals surface area contributed by atoms with Crippen molar-refractivity contribution in [2.75, 3.05) is 12.4 Å². The number of aryl methyl sites for hydroxylation is 1. The highest BCUT2D eigenvalue weighted by molar-refractivity contribution is 6.35. The average molecular weight is 376 g/mol. The lowest BCUT2D eigenvalue weighted by Crippen LogP contribution is -2.11. The largest absolute Gasteiger partial charge is 0.497 e. The van der Waals surface area contributed by atoms with Crippen LogP contribution in [0.2, 0.25) is 10.0 Å². The summed E-state index contributed by atoms with van der Waals surface area (Å²) >= 11 is 12.2. The second-order valence-corrected chi connectivity index (χ2v) is 6.27. The van der Waals surface area contributed by atoms with Crippen LogP contribution in [0.1, 0.15) is 16.1 Å². The molecule has 6 heteroatoms. The van der Waals surface area contributed by atoms with Gasteiger partial charge in [0.15, 0.2) is 5.76 Å². The van der Waals surface area contributed by atoms with Crippen LogP contribution >= 0.6 is 23.2 Å². The van der Waals surface area contributed by atoms with Gasteiger partial charge in [0.1, 0.15) is 11.5 Å². The Labute approximate surface area is 155 Å². The van der Waals surface area contributed by atoms with Crippen molar-refractivity contribution in [3.63, 3.8) is 0 Å². The molecule has 1 aromatic heterocycles. The van der Waals surface area contributed by atoms with Crippen LogP contribution in [0.15, 0.2) is 52.9 Å². The third kappa shape index (κ3) is 3.81. The Morgan fingerprint density at radius 1 is 1.08 bits per heavy atom. The maximum atomic E-state index is 12.5. The zero-order valence-corrected chi connectivity index (χ0v) is 15.1. The first-order valence-corrected chi connectivity index (χ1v) is 8.25. The third-order valence-corrected chi connectivity index (χ3v) is 4.28. The summed E-state index contributed by atoms with van der Waals surface area (Å²) in [7, 11) is 1.57. The van der Waals surface area contributed by atoms with E-state index in [0.717, 1.165) is 5.56 Å². The second-order valence-electron chi connectivity index (χ2n) is 5.42. The van der Waals surface area contributed by atoms with E-state index in [1.54, 1.807) is 43.5 Å². The molecule has 0 saturated carbocycles. The van der Waals surface area contributed by atoms with Crippen molar-refractivity contribution in [2.24, 2.45) is 0 Å². The Balaban J connectivity index is 1.85. The van der Waals surface area contributed by atoms with Gasteiger partial charge in [-0.1, -0.05) is 29.3 Å². The van der Waals surface area contributed by atoms with E-state index in [-0.39, 0.29) is 11.7 Å². The van der Waals surface area contributed by atoms with E-state index in [9.17, 15) is 4.79 Å². The van der Waals surface area contributed by atoms with Gasteiger partial charge in [-0.2, -0.15) is 0 Å². The Kier molecular flexibility index (Phi) is 5.02. The highest BCUT2D eigenvalue weighted by Crippen LogP contribution is 2.32. The zero-order chi connectivity index (χ0) is 18.0. The minimum Gasteiger partial charge on any atom is -0.497 e. The molecule has 1 N–H and O–H groups in total. The lowest BCUT2D eigenvalue weighted by atomic mass is 10.2. The highest BCUT2D eigenvalue weighted by Gasteiger charge is 2.15. The predicted molar refractivity (Wildman–Crippen MR) is 99.8 cm³/mol. The normalized spacial score (nSPS) is 10.6. The Morgan fingerprint density at radius 2 is 1.88 bits per heavy atom. The molecule has 0 unspecified atom stereocenters. The molecule has 4 nitrogen and oxygen atoms in total. The summed E-state index contributed by atoms with van der Waals surface area (Å²) in [6.07, 6.45) is 0. The Bertz CT molecular complexity index is 934.